The van der Waals surface area contributed by atoms with Gasteiger partial charge in [0.15, 0.2) is 0 Å². The van der Waals surface area contributed by atoms with Crippen molar-refractivity contribution < 1.29 is 8.42 Å². The van der Waals surface area contributed by atoms with E-state index in [4.69, 9.17) is 23.2 Å². The van der Waals surface area contributed by atoms with Crippen LogP contribution >= 0.6 is 23.2 Å². The van der Waals surface area contributed by atoms with E-state index in [-0.39, 0.29) is 11.8 Å². The minimum atomic E-state index is -3.56. The fraction of sp³-hybridized carbons (Fsp3) is 0.250. The van der Waals surface area contributed by atoms with Crippen LogP contribution in [-0.2, 0) is 15.8 Å². The van der Waals surface area contributed by atoms with Gasteiger partial charge in [-0.05, 0) is 24.1 Å². The first kappa shape index (κ1) is 17.3. The van der Waals surface area contributed by atoms with Gasteiger partial charge in [-0.1, -0.05) is 66.5 Å². The average Bonchev–Trinajstić information content (AvgIpc) is 2.50. The Kier molecular flexibility index (Phi) is 5.87. The van der Waals surface area contributed by atoms with Gasteiger partial charge in [-0.2, -0.15) is 0 Å². The summed E-state index contributed by atoms with van der Waals surface area (Å²) in [5, 5.41) is 0.705. The summed E-state index contributed by atoms with van der Waals surface area (Å²) in [6, 6.07) is 14.2. The third-order valence-corrected chi connectivity index (χ3v) is 5.35. The maximum absolute atomic E-state index is 12.4. The van der Waals surface area contributed by atoms with Crippen LogP contribution in [0, 0.1) is 0 Å². The zero-order valence-corrected chi connectivity index (χ0v) is 14.4. The van der Waals surface area contributed by atoms with Gasteiger partial charge < -0.3 is 0 Å². The lowest BCUT2D eigenvalue weighted by molar-refractivity contribution is 0.549. The zero-order chi connectivity index (χ0) is 16.2. The van der Waals surface area contributed by atoms with Crippen molar-refractivity contribution in [2.45, 2.75) is 25.1 Å². The molecule has 0 fully saturated rings. The summed E-state index contributed by atoms with van der Waals surface area (Å²) in [7, 11) is -3.56. The quantitative estimate of drug-likeness (QED) is 0.823. The molecule has 0 saturated carbocycles. The van der Waals surface area contributed by atoms with Crippen molar-refractivity contribution in [2.24, 2.45) is 0 Å². The number of halogens is 2. The molecule has 2 aromatic rings. The summed E-state index contributed by atoms with van der Waals surface area (Å²) in [5.41, 5.74) is 1.35. The second-order valence-electron chi connectivity index (χ2n) is 4.95. The highest BCUT2D eigenvalue weighted by Crippen LogP contribution is 2.27. The zero-order valence-electron chi connectivity index (χ0n) is 12.1. The lowest BCUT2D eigenvalue weighted by Crippen LogP contribution is -2.29. The van der Waals surface area contributed by atoms with Crippen LogP contribution in [-0.4, -0.2) is 8.42 Å². The Morgan fingerprint density at radius 3 is 2.14 bits per heavy atom. The lowest BCUT2D eigenvalue weighted by atomic mass is 10.1. The van der Waals surface area contributed by atoms with E-state index in [0.29, 0.717) is 22.0 Å². The SMILES string of the molecule is CCC(NS(=O)(=O)Cc1c(Cl)cccc1Cl)c1ccccc1. The Bertz CT molecular complexity index is 713. The van der Waals surface area contributed by atoms with Crippen LogP contribution in [0.15, 0.2) is 48.5 Å². The minimum absolute atomic E-state index is 0.241. The van der Waals surface area contributed by atoms with E-state index in [9.17, 15) is 8.42 Å². The molecule has 118 valence electrons. The topological polar surface area (TPSA) is 46.2 Å². The molecule has 0 saturated heterocycles. The van der Waals surface area contributed by atoms with Gasteiger partial charge in [0.05, 0.1) is 5.75 Å². The van der Waals surface area contributed by atoms with Gasteiger partial charge in [-0.25, -0.2) is 13.1 Å². The highest BCUT2D eigenvalue weighted by Gasteiger charge is 2.21. The second kappa shape index (κ2) is 7.47. The number of hydrogen-bond donors (Lipinski definition) is 1. The first-order valence-corrected chi connectivity index (χ1v) is 9.31. The molecule has 0 aliphatic heterocycles. The van der Waals surface area contributed by atoms with Gasteiger partial charge >= 0.3 is 0 Å². The molecule has 2 rings (SSSR count). The fourth-order valence-corrected chi connectivity index (χ4v) is 4.39. The second-order valence-corrected chi connectivity index (χ2v) is 7.52. The van der Waals surface area contributed by atoms with Crippen molar-refractivity contribution in [1.29, 1.82) is 0 Å². The largest absolute Gasteiger partial charge is 0.216 e. The van der Waals surface area contributed by atoms with E-state index in [2.05, 4.69) is 4.72 Å². The number of hydrogen-bond acceptors (Lipinski definition) is 2. The summed E-state index contributed by atoms with van der Waals surface area (Å²) in [6.07, 6.45) is 0.652. The molecule has 0 aliphatic carbocycles. The number of nitrogens with one attached hydrogen (secondary N) is 1. The standard InChI is InChI=1S/C16H17Cl2NO2S/c1-2-16(12-7-4-3-5-8-12)19-22(20,21)11-13-14(17)9-6-10-15(13)18/h3-10,16,19H,2,11H2,1H3. The summed E-state index contributed by atoms with van der Waals surface area (Å²) in [6.45, 7) is 1.93. The molecule has 0 amide bonds. The van der Waals surface area contributed by atoms with Crippen LogP contribution in [0.2, 0.25) is 10.0 Å². The van der Waals surface area contributed by atoms with Crippen LogP contribution in [0.1, 0.15) is 30.5 Å². The van der Waals surface area contributed by atoms with E-state index >= 15 is 0 Å². The van der Waals surface area contributed by atoms with E-state index in [1.54, 1.807) is 18.2 Å². The van der Waals surface area contributed by atoms with Gasteiger partial charge in [0.1, 0.15) is 0 Å². The van der Waals surface area contributed by atoms with E-state index < -0.39 is 10.0 Å². The molecule has 1 atom stereocenters. The van der Waals surface area contributed by atoms with Crippen LogP contribution < -0.4 is 4.72 Å². The molecular weight excluding hydrogens is 341 g/mol. The molecule has 1 unspecified atom stereocenters. The Hall–Kier alpha value is -1.07. The average molecular weight is 358 g/mol. The Morgan fingerprint density at radius 2 is 1.59 bits per heavy atom. The van der Waals surface area contributed by atoms with Gasteiger partial charge in [0.2, 0.25) is 10.0 Å². The van der Waals surface area contributed by atoms with Crippen molar-refractivity contribution >= 4 is 33.2 Å². The molecule has 3 nitrogen and oxygen atoms in total. The molecule has 0 radical (unpaired) electrons. The number of sulfonamides is 1. The maximum atomic E-state index is 12.4. The Labute approximate surface area is 141 Å². The van der Waals surface area contributed by atoms with Gasteiger partial charge in [-0.3, -0.25) is 0 Å². The molecule has 0 spiro atoms. The Morgan fingerprint density at radius 1 is 1.00 bits per heavy atom. The highest BCUT2D eigenvalue weighted by molar-refractivity contribution is 7.88. The predicted molar refractivity (Wildman–Crippen MR) is 91.7 cm³/mol. The summed E-state index contributed by atoms with van der Waals surface area (Å²) in [5.74, 6) is -0.241. The third kappa shape index (κ3) is 4.46. The van der Waals surface area contributed by atoms with Gasteiger partial charge in [0.25, 0.3) is 0 Å². The van der Waals surface area contributed by atoms with Crippen molar-refractivity contribution in [3.8, 4) is 0 Å². The van der Waals surface area contributed by atoms with E-state index in [0.717, 1.165) is 5.56 Å². The normalized spacial score (nSPS) is 13.0. The number of rotatable bonds is 6. The monoisotopic (exact) mass is 357 g/mol. The van der Waals surface area contributed by atoms with Crippen molar-refractivity contribution in [3.63, 3.8) is 0 Å². The molecule has 2 aromatic carbocycles. The lowest BCUT2D eigenvalue weighted by Gasteiger charge is -2.18. The third-order valence-electron chi connectivity index (χ3n) is 3.33. The molecule has 0 bridgehead atoms. The molecule has 1 N–H and O–H groups in total. The van der Waals surface area contributed by atoms with Crippen LogP contribution in [0.5, 0.6) is 0 Å². The Balaban J connectivity index is 2.20. The highest BCUT2D eigenvalue weighted by atomic mass is 35.5. The van der Waals surface area contributed by atoms with Crippen LogP contribution in [0.25, 0.3) is 0 Å². The first-order valence-electron chi connectivity index (χ1n) is 6.91. The fourth-order valence-electron chi connectivity index (χ4n) is 2.19. The van der Waals surface area contributed by atoms with Crippen LogP contribution in [0.4, 0.5) is 0 Å². The molecule has 22 heavy (non-hydrogen) atoms. The van der Waals surface area contributed by atoms with E-state index in [1.165, 1.54) is 0 Å². The van der Waals surface area contributed by atoms with Crippen molar-refractivity contribution in [2.75, 3.05) is 0 Å². The van der Waals surface area contributed by atoms with Gasteiger partial charge in [-0.15, -0.1) is 0 Å². The smallest absolute Gasteiger partial charge is 0.212 e. The molecule has 0 heterocycles. The van der Waals surface area contributed by atoms with Crippen molar-refractivity contribution in [1.82, 2.24) is 4.72 Å². The minimum Gasteiger partial charge on any atom is -0.212 e. The van der Waals surface area contributed by atoms with Gasteiger partial charge in [0, 0.05) is 21.7 Å². The molecule has 0 aliphatic rings. The van der Waals surface area contributed by atoms with Crippen LogP contribution in [0.3, 0.4) is 0 Å². The molecule has 0 aromatic heterocycles. The predicted octanol–water partition coefficient (Wildman–Crippen LogP) is 4.56. The molecular formula is C16H17Cl2NO2S. The maximum Gasteiger partial charge on any atom is 0.216 e. The van der Waals surface area contributed by atoms with E-state index in [1.807, 2.05) is 37.3 Å². The summed E-state index contributed by atoms with van der Waals surface area (Å²) < 4.78 is 27.6. The summed E-state index contributed by atoms with van der Waals surface area (Å²) >= 11 is 12.1. The molecule has 6 heteroatoms. The number of benzene rings is 2. The summed E-state index contributed by atoms with van der Waals surface area (Å²) in [4.78, 5) is 0. The van der Waals surface area contributed by atoms with Crippen molar-refractivity contribution in [3.05, 3.63) is 69.7 Å². The first-order chi connectivity index (χ1) is 10.4.